The SMILES string of the molecule is CC(C)Cc1cc(C(=O)N2CCOc3ccncc32)n[nH]1. The Balaban J connectivity index is 1.84. The molecule has 0 bridgehead atoms. The average molecular weight is 286 g/mol. The smallest absolute Gasteiger partial charge is 0.279 e. The van der Waals surface area contributed by atoms with Gasteiger partial charge in [0.05, 0.1) is 12.7 Å². The van der Waals surface area contributed by atoms with Crippen LogP contribution in [-0.4, -0.2) is 34.2 Å². The van der Waals surface area contributed by atoms with E-state index in [0.29, 0.717) is 36.2 Å². The van der Waals surface area contributed by atoms with Gasteiger partial charge < -0.3 is 4.74 Å². The Labute approximate surface area is 123 Å². The van der Waals surface area contributed by atoms with Gasteiger partial charge in [0, 0.05) is 18.0 Å². The average Bonchev–Trinajstić information content (AvgIpc) is 2.93. The topological polar surface area (TPSA) is 71.1 Å². The monoisotopic (exact) mass is 286 g/mol. The largest absolute Gasteiger partial charge is 0.489 e. The molecule has 0 radical (unpaired) electrons. The third-order valence-corrected chi connectivity index (χ3v) is 3.35. The summed E-state index contributed by atoms with van der Waals surface area (Å²) in [5, 5.41) is 7.08. The maximum Gasteiger partial charge on any atom is 0.279 e. The van der Waals surface area contributed by atoms with Crippen molar-refractivity contribution < 1.29 is 9.53 Å². The lowest BCUT2D eigenvalue weighted by Gasteiger charge is -2.28. The second-order valence-electron chi connectivity index (χ2n) is 5.53. The molecule has 0 saturated carbocycles. The predicted octanol–water partition coefficient (Wildman–Crippen LogP) is 2.04. The summed E-state index contributed by atoms with van der Waals surface area (Å²) in [4.78, 5) is 18.4. The van der Waals surface area contributed by atoms with Crippen LogP contribution in [0.1, 0.15) is 30.0 Å². The van der Waals surface area contributed by atoms with Gasteiger partial charge in [-0.05, 0) is 18.4 Å². The number of aromatic amines is 1. The van der Waals surface area contributed by atoms with Crippen LogP contribution in [0.4, 0.5) is 5.69 Å². The van der Waals surface area contributed by atoms with Crippen molar-refractivity contribution in [3.63, 3.8) is 0 Å². The van der Waals surface area contributed by atoms with Crippen LogP contribution in [0.3, 0.4) is 0 Å². The van der Waals surface area contributed by atoms with E-state index in [2.05, 4.69) is 29.0 Å². The minimum absolute atomic E-state index is 0.126. The molecule has 1 aliphatic rings. The summed E-state index contributed by atoms with van der Waals surface area (Å²) in [7, 11) is 0. The zero-order chi connectivity index (χ0) is 14.8. The highest BCUT2D eigenvalue weighted by Crippen LogP contribution is 2.30. The number of amides is 1. The summed E-state index contributed by atoms with van der Waals surface area (Å²) in [6.45, 7) is 5.24. The Morgan fingerprint density at radius 1 is 1.52 bits per heavy atom. The van der Waals surface area contributed by atoms with E-state index in [9.17, 15) is 4.79 Å². The van der Waals surface area contributed by atoms with Gasteiger partial charge >= 0.3 is 0 Å². The molecule has 1 N–H and O–H groups in total. The first-order valence-corrected chi connectivity index (χ1v) is 7.08. The van der Waals surface area contributed by atoms with Crippen LogP contribution in [0.2, 0.25) is 0 Å². The highest BCUT2D eigenvalue weighted by atomic mass is 16.5. The fraction of sp³-hybridized carbons (Fsp3) is 0.400. The molecule has 2 aromatic rings. The van der Waals surface area contributed by atoms with Crippen molar-refractivity contribution in [3.05, 3.63) is 35.9 Å². The van der Waals surface area contributed by atoms with Gasteiger partial charge in [-0.25, -0.2) is 0 Å². The number of aromatic nitrogens is 3. The third kappa shape index (κ3) is 2.74. The maximum atomic E-state index is 12.6. The molecular formula is C15H18N4O2. The molecule has 0 spiro atoms. The standard InChI is InChI=1S/C15H18N4O2/c1-10(2)7-11-8-12(18-17-11)15(20)19-5-6-21-14-3-4-16-9-13(14)19/h3-4,8-10H,5-7H2,1-2H3,(H,17,18). The summed E-state index contributed by atoms with van der Waals surface area (Å²) in [6.07, 6.45) is 4.18. The van der Waals surface area contributed by atoms with E-state index >= 15 is 0 Å². The van der Waals surface area contributed by atoms with Gasteiger partial charge in [-0.15, -0.1) is 0 Å². The summed E-state index contributed by atoms with van der Waals surface area (Å²) < 4.78 is 5.54. The van der Waals surface area contributed by atoms with Crippen molar-refractivity contribution in [3.8, 4) is 5.75 Å². The molecule has 1 amide bonds. The molecule has 0 fully saturated rings. The van der Waals surface area contributed by atoms with Crippen molar-refractivity contribution in [1.82, 2.24) is 15.2 Å². The molecular weight excluding hydrogens is 268 g/mol. The number of nitrogens with one attached hydrogen (secondary N) is 1. The molecule has 110 valence electrons. The van der Waals surface area contributed by atoms with Crippen LogP contribution >= 0.6 is 0 Å². The number of nitrogens with zero attached hydrogens (tertiary/aromatic N) is 3. The molecule has 0 unspecified atom stereocenters. The fourth-order valence-electron chi connectivity index (χ4n) is 2.43. The van der Waals surface area contributed by atoms with Gasteiger partial charge in [0.2, 0.25) is 0 Å². The summed E-state index contributed by atoms with van der Waals surface area (Å²) >= 11 is 0. The zero-order valence-electron chi connectivity index (χ0n) is 12.2. The second-order valence-corrected chi connectivity index (χ2v) is 5.53. The van der Waals surface area contributed by atoms with Gasteiger partial charge in [-0.3, -0.25) is 19.8 Å². The van der Waals surface area contributed by atoms with Gasteiger partial charge in [-0.2, -0.15) is 5.10 Å². The van der Waals surface area contributed by atoms with Crippen molar-refractivity contribution in [2.24, 2.45) is 5.92 Å². The van der Waals surface area contributed by atoms with Crippen LogP contribution in [0.5, 0.6) is 5.75 Å². The van der Waals surface area contributed by atoms with Crippen LogP contribution in [0.25, 0.3) is 0 Å². The van der Waals surface area contributed by atoms with Crippen molar-refractivity contribution >= 4 is 11.6 Å². The second kappa shape index (κ2) is 5.55. The van der Waals surface area contributed by atoms with Crippen LogP contribution < -0.4 is 9.64 Å². The molecule has 3 heterocycles. The number of ether oxygens (including phenoxy) is 1. The Bertz CT molecular complexity index is 651. The van der Waals surface area contributed by atoms with Crippen molar-refractivity contribution in [2.75, 3.05) is 18.1 Å². The van der Waals surface area contributed by atoms with E-state index in [4.69, 9.17) is 4.74 Å². The van der Waals surface area contributed by atoms with Crippen LogP contribution in [0, 0.1) is 5.92 Å². The summed E-state index contributed by atoms with van der Waals surface area (Å²) in [5.41, 5.74) is 2.11. The Morgan fingerprint density at radius 2 is 2.38 bits per heavy atom. The summed E-state index contributed by atoms with van der Waals surface area (Å²) in [6, 6.07) is 3.59. The number of rotatable bonds is 3. The predicted molar refractivity (Wildman–Crippen MR) is 78.5 cm³/mol. The van der Waals surface area contributed by atoms with E-state index in [1.807, 2.05) is 6.07 Å². The first kappa shape index (κ1) is 13.6. The van der Waals surface area contributed by atoms with Gasteiger partial charge in [-0.1, -0.05) is 13.8 Å². The van der Waals surface area contributed by atoms with E-state index in [1.165, 1.54) is 0 Å². The van der Waals surface area contributed by atoms with E-state index in [0.717, 1.165) is 12.1 Å². The molecule has 6 heteroatoms. The molecule has 2 aromatic heterocycles. The molecule has 1 aliphatic heterocycles. The Morgan fingerprint density at radius 3 is 3.19 bits per heavy atom. The first-order chi connectivity index (χ1) is 10.1. The van der Waals surface area contributed by atoms with Crippen molar-refractivity contribution in [2.45, 2.75) is 20.3 Å². The van der Waals surface area contributed by atoms with Gasteiger partial charge in [0.15, 0.2) is 5.69 Å². The van der Waals surface area contributed by atoms with E-state index in [1.54, 1.807) is 23.4 Å². The first-order valence-electron chi connectivity index (χ1n) is 7.08. The molecule has 21 heavy (non-hydrogen) atoms. The lowest BCUT2D eigenvalue weighted by atomic mass is 10.1. The Kier molecular flexibility index (Phi) is 3.60. The third-order valence-electron chi connectivity index (χ3n) is 3.35. The van der Waals surface area contributed by atoms with E-state index in [-0.39, 0.29) is 5.91 Å². The zero-order valence-corrected chi connectivity index (χ0v) is 12.2. The van der Waals surface area contributed by atoms with Gasteiger partial charge in [0.1, 0.15) is 18.0 Å². The Hall–Kier alpha value is -2.37. The number of carbonyl (C=O) groups is 1. The molecule has 0 aliphatic carbocycles. The highest BCUT2D eigenvalue weighted by molar-refractivity contribution is 6.05. The van der Waals surface area contributed by atoms with E-state index < -0.39 is 0 Å². The minimum Gasteiger partial charge on any atom is -0.489 e. The molecule has 0 aromatic carbocycles. The fourth-order valence-corrected chi connectivity index (χ4v) is 2.43. The molecule has 0 saturated heterocycles. The minimum atomic E-state index is -0.126. The lowest BCUT2D eigenvalue weighted by molar-refractivity contribution is 0.0971. The quantitative estimate of drug-likeness (QED) is 0.937. The lowest BCUT2D eigenvalue weighted by Crippen LogP contribution is -2.38. The number of pyridine rings is 1. The number of anilines is 1. The van der Waals surface area contributed by atoms with Crippen molar-refractivity contribution in [1.29, 1.82) is 0 Å². The number of H-pyrrole nitrogens is 1. The summed E-state index contributed by atoms with van der Waals surface area (Å²) in [5.74, 6) is 1.07. The number of fused-ring (bicyclic) bond motifs is 1. The number of hydrogen-bond donors (Lipinski definition) is 1. The maximum absolute atomic E-state index is 12.6. The normalized spacial score (nSPS) is 14.0. The highest BCUT2D eigenvalue weighted by Gasteiger charge is 2.26. The molecule has 6 nitrogen and oxygen atoms in total. The number of hydrogen-bond acceptors (Lipinski definition) is 4. The van der Waals surface area contributed by atoms with Crippen LogP contribution in [0.15, 0.2) is 24.5 Å². The molecule has 0 atom stereocenters. The number of carbonyl (C=O) groups excluding carboxylic acids is 1. The van der Waals surface area contributed by atoms with Gasteiger partial charge in [0.25, 0.3) is 5.91 Å². The van der Waals surface area contributed by atoms with Crippen LogP contribution in [-0.2, 0) is 6.42 Å². The molecule has 3 rings (SSSR count).